The summed E-state index contributed by atoms with van der Waals surface area (Å²) in [6, 6.07) is 22.0. The van der Waals surface area contributed by atoms with Crippen LogP contribution in [0.3, 0.4) is 0 Å². The Morgan fingerprint density at radius 3 is 2.31 bits per heavy atom. The summed E-state index contributed by atoms with van der Waals surface area (Å²) in [5, 5.41) is 2.99. The summed E-state index contributed by atoms with van der Waals surface area (Å²) < 4.78 is 21.2. The summed E-state index contributed by atoms with van der Waals surface area (Å²) in [5.41, 5.74) is 1.23. The monoisotopic (exact) mass is 540 g/mol. The molecular weight excluding hydrogens is 511 g/mol. The first-order valence-electron chi connectivity index (χ1n) is 11.6. The van der Waals surface area contributed by atoms with E-state index in [0.29, 0.717) is 17.7 Å². The molecule has 3 rings (SSSR count). The Bertz CT molecular complexity index is 1110. The van der Waals surface area contributed by atoms with E-state index in [-0.39, 0.29) is 25.1 Å². The molecule has 184 valence electrons. The minimum Gasteiger partial charge on any atom is -0.484 e. The van der Waals surface area contributed by atoms with Crippen LogP contribution in [0.15, 0.2) is 83.3 Å². The van der Waals surface area contributed by atoms with Crippen LogP contribution >= 0.6 is 15.9 Å². The van der Waals surface area contributed by atoms with E-state index in [0.717, 1.165) is 16.5 Å². The number of carbonyl (C=O) groups excluding carboxylic acids is 2. The molecular formula is C28H30BrFN2O3. The van der Waals surface area contributed by atoms with Crippen LogP contribution < -0.4 is 10.1 Å². The van der Waals surface area contributed by atoms with Gasteiger partial charge in [-0.05, 0) is 49.2 Å². The average Bonchev–Trinajstić information content (AvgIpc) is 2.87. The quantitative estimate of drug-likeness (QED) is 0.348. The van der Waals surface area contributed by atoms with Gasteiger partial charge < -0.3 is 15.0 Å². The van der Waals surface area contributed by atoms with Crippen LogP contribution in [-0.2, 0) is 22.6 Å². The summed E-state index contributed by atoms with van der Waals surface area (Å²) in [5.74, 6) is -0.594. The van der Waals surface area contributed by atoms with Gasteiger partial charge in [-0.2, -0.15) is 0 Å². The Labute approximate surface area is 214 Å². The smallest absolute Gasteiger partial charge is 0.261 e. The second-order valence-electron chi connectivity index (χ2n) is 8.38. The van der Waals surface area contributed by atoms with Crippen molar-refractivity contribution >= 4 is 27.7 Å². The molecule has 3 aromatic rings. The van der Waals surface area contributed by atoms with Crippen molar-refractivity contribution in [2.45, 2.75) is 45.3 Å². The second kappa shape index (κ2) is 13.0. The lowest BCUT2D eigenvalue weighted by molar-refractivity contribution is -0.143. The normalized spacial score (nSPS) is 12.5. The van der Waals surface area contributed by atoms with Crippen LogP contribution in [0.2, 0.25) is 0 Å². The Morgan fingerprint density at radius 1 is 1.00 bits per heavy atom. The van der Waals surface area contributed by atoms with Gasteiger partial charge in [0.05, 0.1) is 0 Å². The van der Waals surface area contributed by atoms with Crippen molar-refractivity contribution in [1.82, 2.24) is 10.2 Å². The minimum atomic E-state index is -0.841. The van der Waals surface area contributed by atoms with Gasteiger partial charge in [-0.1, -0.05) is 71.4 Å². The first-order valence-corrected chi connectivity index (χ1v) is 12.4. The predicted molar refractivity (Wildman–Crippen MR) is 138 cm³/mol. The molecule has 0 aliphatic heterocycles. The zero-order chi connectivity index (χ0) is 25.2. The van der Waals surface area contributed by atoms with Crippen LogP contribution in [-0.4, -0.2) is 35.4 Å². The molecule has 7 heteroatoms. The fourth-order valence-corrected chi connectivity index (χ4v) is 3.83. The molecule has 35 heavy (non-hydrogen) atoms. The van der Waals surface area contributed by atoms with Gasteiger partial charge in [-0.3, -0.25) is 9.59 Å². The Morgan fingerprint density at radius 2 is 1.66 bits per heavy atom. The molecule has 0 fully saturated rings. The van der Waals surface area contributed by atoms with Crippen LogP contribution in [0.25, 0.3) is 0 Å². The van der Waals surface area contributed by atoms with E-state index in [1.807, 2.05) is 56.3 Å². The van der Waals surface area contributed by atoms with Gasteiger partial charge in [0.25, 0.3) is 5.91 Å². The number of ether oxygens (including phenoxy) is 1. The zero-order valence-electron chi connectivity index (χ0n) is 19.9. The largest absolute Gasteiger partial charge is 0.484 e. The number of nitrogens with one attached hydrogen (secondary N) is 1. The van der Waals surface area contributed by atoms with E-state index >= 15 is 0 Å². The average molecular weight is 541 g/mol. The van der Waals surface area contributed by atoms with E-state index in [2.05, 4.69) is 21.2 Å². The van der Waals surface area contributed by atoms with Crippen LogP contribution in [0.4, 0.5) is 4.39 Å². The van der Waals surface area contributed by atoms with Crippen molar-refractivity contribution in [3.63, 3.8) is 0 Å². The number of hydrogen-bond acceptors (Lipinski definition) is 3. The Kier molecular flexibility index (Phi) is 9.85. The van der Waals surface area contributed by atoms with Gasteiger partial charge in [-0.15, -0.1) is 0 Å². The number of rotatable bonds is 11. The summed E-state index contributed by atoms with van der Waals surface area (Å²) in [6.07, 6.45) is 1.04. The molecule has 0 saturated heterocycles. The highest BCUT2D eigenvalue weighted by Crippen LogP contribution is 2.19. The highest BCUT2D eigenvalue weighted by molar-refractivity contribution is 9.10. The zero-order valence-corrected chi connectivity index (χ0v) is 21.5. The predicted octanol–water partition coefficient (Wildman–Crippen LogP) is 5.52. The SMILES string of the molecule is CC[C@@H](C)NC(=O)[C@H](Cc1ccccc1)N(Cc1ccccc1F)C(=O)COc1ccc(Br)cc1. The van der Waals surface area contributed by atoms with Gasteiger partial charge in [0.2, 0.25) is 5.91 Å². The lowest BCUT2D eigenvalue weighted by atomic mass is 10.0. The molecule has 5 nitrogen and oxygen atoms in total. The van der Waals surface area contributed by atoms with Gasteiger partial charge in [-0.25, -0.2) is 4.39 Å². The molecule has 2 atom stereocenters. The van der Waals surface area contributed by atoms with Crippen molar-refractivity contribution < 1.29 is 18.7 Å². The first-order chi connectivity index (χ1) is 16.9. The molecule has 2 amide bonds. The van der Waals surface area contributed by atoms with Gasteiger partial charge in [0.1, 0.15) is 17.6 Å². The van der Waals surface area contributed by atoms with Crippen LogP contribution in [0.1, 0.15) is 31.4 Å². The van der Waals surface area contributed by atoms with Gasteiger partial charge >= 0.3 is 0 Å². The fraction of sp³-hybridized carbons (Fsp3) is 0.286. The highest BCUT2D eigenvalue weighted by atomic mass is 79.9. The minimum absolute atomic E-state index is 0.0549. The molecule has 0 unspecified atom stereocenters. The number of amides is 2. The Balaban J connectivity index is 1.91. The maximum Gasteiger partial charge on any atom is 0.261 e. The molecule has 1 N–H and O–H groups in total. The number of nitrogens with zero attached hydrogens (tertiary/aromatic N) is 1. The third kappa shape index (κ3) is 7.92. The third-order valence-corrected chi connectivity index (χ3v) is 6.28. The highest BCUT2D eigenvalue weighted by Gasteiger charge is 2.31. The number of hydrogen-bond donors (Lipinski definition) is 1. The lowest BCUT2D eigenvalue weighted by Gasteiger charge is -2.32. The number of halogens is 2. The van der Waals surface area contributed by atoms with Crippen LogP contribution in [0.5, 0.6) is 5.75 Å². The number of benzene rings is 3. The van der Waals surface area contributed by atoms with Crippen molar-refractivity contribution in [3.05, 3.63) is 100 Å². The maximum atomic E-state index is 14.6. The second-order valence-corrected chi connectivity index (χ2v) is 9.29. The summed E-state index contributed by atoms with van der Waals surface area (Å²) >= 11 is 3.37. The van der Waals surface area contributed by atoms with Crippen molar-refractivity contribution in [2.75, 3.05) is 6.61 Å². The molecule has 3 aromatic carbocycles. The standard InChI is InChI=1S/C28H30BrFN2O3/c1-3-20(2)31-28(34)26(17-21-9-5-4-6-10-21)32(18-22-11-7-8-12-25(22)30)27(33)19-35-24-15-13-23(29)14-16-24/h4-16,20,26H,3,17-19H2,1-2H3,(H,31,34)/t20-,26+/m1/s1. The third-order valence-electron chi connectivity index (χ3n) is 5.75. The molecule has 0 heterocycles. The molecule has 0 spiro atoms. The maximum absolute atomic E-state index is 14.6. The van der Waals surface area contributed by atoms with Crippen molar-refractivity contribution in [1.29, 1.82) is 0 Å². The molecule has 0 bridgehead atoms. The molecule has 0 radical (unpaired) electrons. The summed E-state index contributed by atoms with van der Waals surface area (Å²) in [4.78, 5) is 28.3. The fourth-order valence-electron chi connectivity index (χ4n) is 3.56. The van der Waals surface area contributed by atoms with Crippen molar-refractivity contribution in [2.24, 2.45) is 0 Å². The van der Waals surface area contributed by atoms with Crippen LogP contribution in [0, 0.1) is 5.82 Å². The Hall–Kier alpha value is -3.19. The first kappa shape index (κ1) is 26.4. The number of carbonyl (C=O) groups is 2. The van der Waals surface area contributed by atoms with E-state index in [9.17, 15) is 14.0 Å². The van der Waals surface area contributed by atoms with E-state index in [1.165, 1.54) is 11.0 Å². The molecule has 0 aromatic heterocycles. The van der Waals surface area contributed by atoms with Gasteiger partial charge in [0, 0.05) is 29.0 Å². The summed E-state index contributed by atoms with van der Waals surface area (Å²) in [7, 11) is 0. The van der Waals surface area contributed by atoms with E-state index in [4.69, 9.17) is 4.74 Å². The van der Waals surface area contributed by atoms with Gasteiger partial charge in [0.15, 0.2) is 6.61 Å². The van der Waals surface area contributed by atoms with Crippen molar-refractivity contribution in [3.8, 4) is 5.75 Å². The lowest BCUT2D eigenvalue weighted by Crippen LogP contribution is -2.53. The topological polar surface area (TPSA) is 58.6 Å². The van der Waals surface area contributed by atoms with E-state index < -0.39 is 17.8 Å². The molecule has 0 aliphatic carbocycles. The summed E-state index contributed by atoms with van der Waals surface area (Å²) in [6.45, 7) is 3.56. The van der Waals surface area contributed by atoms with E-state index in [1.54, 1.807) is 30.3 Å². The molecule has 0 aliphatic rings. The molecule has 0 saturated carbocycles.